The summed E-state index contributed by atoms with van der Waals surface area (Å²) in [5, 5.41) is 0. The Bertz CT molecular complexity index is 317. The monoisotopic (exact) mass is 264 g/mol. The molecule has 5 nitrogen and oxygen atoms in total. The summed E-state index contributed by atoms with van der Waals surface area (Å²) < 4.78 is 36.7. The molecule has 1 aliphatic rings. The van der Waals surface area contributed by atoms with Crippen molar-refractivity contribution in [3.05, 3.63) is 12.2 Å². The predicted octanol–water partition coefficient (Wildman–Crippen LogP) is 1.45. The SMILES string of the molecule is CS(=O)(=O)OC/C=C\CCOC1CCCCO1. The van der Waals surface area contributed by atoms with Gasteiger partial charge in [-0.1, -0.05) is 12.2 Å². The third-order valence-corrected chi connectivity index (χ3v) is 2.84. The van der Waals surface area contributed by atoms with Crippen LogP contribution in [0.1, 0.15) is 25.7 Å². The van der Waals surface area contributed by atoms with Gasteiger partial charge < -0.3 is 9.47 Å². The van der Waals surface area contributed by atoms with E-state index in [-0.39, 0.29) is 12.9 Å². The Labute approximate surface area is 103 Å². The minimum atomic E-state index is -3.34. The normalized spacial score (nSPS) is 22.1. The highest BCUT2D eigenvalue weighted by Crippen LogP contribution is 2.13. The summed E-state index contributed by atoms with van der Waals surface area (Å²) in [6.45, 7) is 1.45. The summed E-state index contributed by atoms with van der Waals surface area (Å²) in [5.74, 6) is 0. The molecule has 0 saturated carbocycles. The molecular formula is C11H20O5S. The van der Waals surface area contributed by atoms with Gasteiger partial charge in [-0.05, 0) is 25.7 Å². The maximum absolute atomic E-state index is 10.6. The molecular weight excluding hydrogens is 244 g/mol. The molecule has 1 saturated heterocycles. The van der Waals surface area contributed by atoms with Crippen LogP contribution in [-0.2, 0) is 23.8 Å². The van der Waals surface area contributed by atoms with Crippen molar-refractivity contribution in [3.63, 3.8) is 0 Å². The van der Waals surface area contributed by atoms with Crippen LogP contribution < -0.4 is 0 Å². The van der Waals surface area contributed by atoms with E-state index in [4.69, 9.17) is 9.47 Å². The van der Waals surface area contributed by atoms with Gasteiger partial charge >= 0.3 is 0 Å². The van der Waals surface area contributed by atoms with Crippen LogP contribution in [0.5, 0.6) is 0 Å². The lowest BCUT2D eigenvalue weighted by molar-refractivity contribution is -0.161. The van der Waals surface area contributed by atoms with Crippen molar-refractivity contribution in [1.29, 1.82) is 0 Å². The summed E-state index contributed by atoms with van der Waals surface area (Å²) in [4.78, 5) is 0. The fraction of sp³-hybridized carbons (Fsp3) is 0.818. The maximum Gasteiger partial charge on any atom is 0.264 e. The summed E-state index contributed by atoms with van der Waals surface area (Å²) in [7, 11) is -3.34. The van der Waals surface area contributed by atoms with Crippen LogP contribution in [0.2, 0.25) is 0 Å². The predicted molar refractivity (Wildman–Crippen MR) is 64.1 cm³/mol. The number of rotatable bonds is 7. The van der Waals surface area contributed by atoms with Crippen molar-refractivity contribution in [3.8, 4) is 0 Å². The standard InChI is InChI=1S/C11H20O5S/c1-17(12,13)16-10-5-2-4-8-14-11-7-3-6-9-15-11/h2,5,11H,3-4,6-10H2,1H3/b5-2-. The summed E-state index contributed by atoms with van der Waals surface area (Å²) >= 11 is 0. The third kappa shape index (κ3) is 8.31. The smallest absolute Gasteiger partial charge is 0.264 e. The molecule has 1 rings (SSSR count). The molecule has 1 atom stereocenters. The Morgan fingerprint density at radius 3 is 2.82 bits per heavy atom. The molecule has 0 spiro atoms. The average molecular weight is 264 g/mol. The van der Waals surface area contributed by atoms with E-state index in [1.807, 2.05) is 6.08 Å². The Hall–Kier alpha value is -0.430. The largest absolute Gasteiger partial charge is 0.353 e. The van der Waals surface area contributed by atoms with Gasteiger partial charge in [-0.25, -0.2) is 0 Å². The number of ether oxygens (including phenoxy) is 2. The van der Waals surface area contributed by atoms with Crippen LogP contribution in [0.3, 0.4) is 0 Å². The quantitative estimate of drug-likeness (QED) is 0.396. The van der Waals surface area contributed by atoms with Gasteiger partial charge in [-0.15, -0.1) is 0 Å². The molecule has 17 heavy (non-hydrogen) atoms. The van der Waals surface area contributed by atoms with Crippen LogP contribution in [0.4, 0.5) is 0 Å². The number of hydrogen-bond donors (Lipinski definition) is 0. The van der Waals surface area contributed by atoms with Crippen LogP contribution in [0.15, 0.2) is 12.2 Å². The zero-order valence-electron chi connectivity index (χ0n) is 10.1. The second kappa shape index (κ2) is 7.81. The van der Waals surface area contributed by atoms with E-state index in [9.17, 15) is 8.42 Å². The first-order chi connectivity index (χ1) is 8.08. The van der Waals surface area contributed by atoms with Crippen molar-refractivity contribution >= 4 is 10.1 Å². The fourth-order valence-corrected chi connectivity index (χ4v) is 1.78. The molecule has 1 fully saturated rings. The Kier molecular flexibility index (Phi) is 6.72. The Balaban J connectivity index is 1.98. The van der Waals surface area contributed by atoms with Gasteiger partial charge in [-0.2, -0.15) is 8.42 Å². The molecule has 1 unspecified atom stereocenters. The van der Waals surface area contributed by atoms with Gasteiger partial charge in [0.05, 0.1) is 19.5 Å². The van der Waals surface area contributed by atoms with Crippen LogP contribution in [0.25, 0.3) is 0 Å². The van der Waals surface area contributed by atoms with E-state index >= 15 is 0 Å². The van der Waals surface area contributed by atoms with E-state index in [2.05, 4.69) is 4.18 Å². The van der Waals surface area contributed by atoms with Gasteiger partial charge in [0.25, 0.3) is 10.1 Å². The van der Waals surface area contributed by atoms with E-state index in [0.717, 1.165) is 38.5 Å². The molecule has 0 radical (unpaired) electrons. The van der Waals surface area contributed by atoms with Gasteiger partial charge in [0.15, 0.2) is 6.29 Å². The number of hydrogen-bond acceptors (Lipinski definition) is 5. The molecule has 0 N–H and O–H groups in total. The zero-order valence-corrected chi connectivity index (χ0v) is 10.9. The highest BCUT2D eigenvalue weighted by molar-refractivity contribution is 7.85. The summed E-state index contributed by atoms with van der Waals surface area (Å²) in [6, 6.07) is 0. The molecule has 0 aromatic rings. The molecule has 6 heteroatoms. The minimum Gasteiger partial charge on any atom is -0.353 e. The molecule has 1 aliphatic heterocycles. The first-order valence-electron chi connectivity index (χ1n) is 5.80. The van der Waals surface area contributed by atoms with Crippen molar-refractivity contribution < 1.29 is 22.1 Å². The third-order valence-electron chi connectivity index (χ3n) is 2.27. The molecule has 0 amide bonds. The molecule has 0 aromatic carbocycles. The summed E-state index contributed by atoms with van der Waals surface area (Å²) in [6.07, 6.45) is 8.44. The summed E-state index contributed by atoms with van der Waals surface area (Å²) in [5.41, 5.74) is 0. The van der Waals surface area contributed by atoms with Crippen LogP contribution >= 0.6 is 0 Å². The molecule has 0 bridgehead atoms. The van der Waals surface area contributed by atoms with Gasteiger partial charge in [0, 0.05) is 6.61 Å². The van der Waals surface area contributed by atoms with E-state index in [0.29, 0.717) is 6.61 Å². The molecule has 100 valence electrons. The lowest BCUT2D eigenvalue weighted by Gasteiger charge is -2.22. The highest BCUT2D eigenvalue weighted by Gasteiger charge is 2.12. The first kappa shape index (κ1) is 14.6. The van der Waals surface area contributed by atoms with Crippen molar-refractivity contribution in [1.82, 2.24) is 0 Å². The van der Waals surface area contributed by atoms with Crippen molar-refractivity contribution in [2.24, 2.45) is 0 Å². The first-order valence-corrected chi connectivity index (χ1v) is 7.62. The van der Waals surface area contributed by atoms with Crippen molar-refractivity contribution in [2.75, 3.05) is 26.1 Å². The lowest BCUT2D eigenvalue weighted by Crippen LogP contribution is -2.22. The van der Waals surface area contributed by atoms with Gasteiger partial charge in [0.1, 0.15) is 0 Å². The lowest BCUT2D eigenvalue weighted by atomic mass is 10.2. The molecule has 1 heterocycles. The van der Waals surface area contributed by atoms with E-state index in [1.165, 1.54) is 0 Å². The van der Waals surface area contributed by atoms with E-state index < -0.39 is 10.1 Å². The topological polar surface area (TPSA) is 61.8 Å². The Morgan fingerprint density at radius 2 is 2.18 bits per heavy atom. The maximum atomic E-state index is 10.6. The average Bonchev–Trinajstić information content (AvgIpc) is 2.28. The Morgan fingerprint density at radius 1 is 1.35 bits per heavy atom. The van der Waals surface area contributed by atoms with Crippen molar-refractivity contribution in [2.45, 2.75) is 32.0 Å². The second-order valence-corrected chi connectivity index (χ2v) is 5.56. The highest BCUT2D eigenvalue weighted by atomic mass is 32.2. The van der Waals surface area contributed by atoms with E-state index in [1.54, 1.807) is 6.08 Å². The minimum absolute atomic E-state index is 0.0654. The van der Waals surface area contributed by atoms with Gasteiger partial charge in [0.2, 0.25) is 0 Å². The fourth-order valence-electron chi connectivity index (χ4n) is 1.46. The van der Waals surface area contributed by atoms with Crippen LogP contribution in [0, 0.1) is 0 Å². The molecule has 0 aliphatic carbocycles. The van der Waals surface area contributed by atoms with Crippen LogP contribution in [-0.4, -0.2) is 40.8 Å². The van der Waals surface area contributed by atoms with Gasteiger partial charge in [-0.3, -0.25) is 4.18 Å². The zero-order chi connectivity index (χ0) is 12.6. The second-order valence-electron chi connectivity index (χ2n) is 3.92. The molecule has 0 aromatic heterocycles.